The zero-order chi connectivity index (χ0) is 19.3. The summed E-state index contributed by atoms with van der Waals surface area (Å²) in [6.45, 7) is 8.23. The lowest BCUT2D eigenvalue weighted by molar-refractivity contribution is 0.0782. The van der Waals surface area contributed by atoms with Crippen LogP contribution >= 0.6 is 24.0 Å². The lowest BCUT2D eigenvalue weighted by Crippen LogP contribution is -2.58. The van der Waals surface area contributed by atoms with Gasteiger partial charge >= 0.3 is 0 Å². The van der Waals surface area contributed by atoms with Crippen molar-refractivity contribution in [3.63, 3.8) is 0 Å². The lowest BCUT2D eigenvalue weighted by atomic mass is 9.75. The Bertz CT molecular complexity index is 600. The summed E-state index contributed by atoms with van der Waals surface area (Å²) in [5.74, 6) is 1.83. The highest BCUT2D eigenvalue weighted by atomic mass is 127. The molecule has 2 atom stereocenters. The van der Waals surface area contributed by atoms with Crippen LogP contribution in [0.1, 0.15) is 38.3 Å². The van der Waals surface area contributed by atoms with Gasteiger partial charge in [-0.3, -0.25) is 9.89 Å². The Labute approximate surface area is 186 Å². The first-order valence-electron chi connectivity index (χ1n) is 10.3. The average molecular weight is 504 g/mol. The second-order valence-electron chi connectivity index (χ2n) is 8.48. The Balaban J connectivity index is 0.00000280. The molecule has 1 N–H and O–H groups in total. The molecule has 1 aromatic rings. The highest BCUT2D eigenvalue weighted by Crippen LogP contribution is 2.35. The van der Waals surface area contributed by atoms with Crippen molar-refractivity contribution < 1.29 is 4.52 Å². The van der Waals surface area contributed by atoms with E-state index in [1.807, 2.05) is 13.1 Å². The van der Waals surface area contributed by atoms with E-state index in [0.717, 1.165) is 56.8 Å². The topological polar surface area (TPSA) is 60.1 Å². The standard InChI is InChI=1S/C20H36N6O.HI/c1-17-6-5-8-20(14-17,24(3)4)16-22-19(21-2)26-11-9-25(10-12-26)15-18-7-13-27-23-18;/h7,13,17H,5-6,8-12,14-16H2,1-4H3,(H,21,22);1H. The van der Waals surface area contributed by atoms with Crippen LogP contribution in [0.3, 0.4) is 0 Å². The van der Waals surface area contributed by atoms with Gasteiger partial charge in [-0.2, -0.15) is 0 Å². The first-order valence-corrected chi connectivity index (χ1v) is 10.3. The molecule has 0 spiro atoms. The summed E-state index contributed by atoms with van der Waals surface area (Å²) in [7, 11) is 6.35. The van der Waals surface area contributed by atoms with Crippen LogP contribution in [-0.4, -0.2) is 85.2 Å². The third kappa shape index (κ3) is 5.82. The summed E-state index contributed by atoms with van der Waals surface area (Å²) in [5.41, 5.74) is 1.24. The first-order chi connectivity index (χ1) is 13.0. The van der Waals surface area contributed by atoms with Crippen LogP contribution in [0.25, 0.3) is 0 Å². The molecular weight excluding hydrogens is 467 g/mol. The zero-order valence-electron chi connectivity index (χ0n) is 17.9. The number of aromatic nitrogens is 1. The Hall–Kier alpha value is -0.870. The van der Waals surface area contributed by atoms with Crippen molar-refractivity contribution in [2.75, 3.05) is 53.9 Å². The average Bonchev–Trinajstić information content (AvgIpc) is 3.16. The van der Waals surface area contributed by atoms with E-state index in [9.17, 15) is 0 Å². The van der Waals surface area contributed by atoms with E-state index in [4.69, 9.17) is 4.52 Å². The maximum atomic E-state index is 4.94. The second kappa shape index (κ2) is 10.8. The molecule has 2 unspecified atom stereocenters. The van der Waals surface area contributed by atoms with Crippen molar-refractivity contribution in [1.29, 1.82) is 0 Å². The SMILES string of the molecule is CN=C(NCC1(N(C)C)CCCC(C)C1)N1CCN(Cc2ccon2)CC1.I. The number of rotatable bonds is 5. The molecule has 0 bridgehead atoms. The fourth-order valence-corrected chi connectivity index (χ4v) is 4.60. The molecular formula is C20H37IN6O. The predicted molar refractivity (Wildman–Crippen MR) is 124 cm³/mol. The van der Waals surface area contributed by atoms with Gasteiger partial charge in [-0.05, 0) is 32.9 Å². The van der Waals surface area contributed by atoms with E-state index in [-0.39, 0.29) is 29.5 Å². The van der Waals surface area contributed by atoms with E-state index in [1.54, 1.807) is 6.26 Å². The number of hydrogen-bond acceptors (Lipinski definition) is 5. The highest BCUT2D eigenvalue weighted by Gasteiger charge is 2.37. The molecule has 2 heterocycles. The number of likely N-dealkylation sites (N-methyl/N-ethyl adjacent to an activating group) is 1. The summed E-state index contributed by atoms with van der Waals surface area (Å²) in [6.07, 6.45) is 6.84. The molecule has 3 rings (SSSR count). The molecule has 160 valence electrons. The molecule has 0 aromatic carbocycles. The van der Waals surface area contributed by atoms with Gasteiger partial charge in [0.15, 0.2) is 5.96 Å². The van der Waals surface area contributed by atoms with Crippen molar-refractivity contribution >= 4 is 29.9 Å². The van der Waals surface area contributed by atoms with Gasteiger partial charge in [0, 0.05) is 57.9 Å². The number of hydrogen-bond donors (Lipinski definition) is 1. The molecule has 2 aliphatic rings. The van der Waals surface area contributed by atoms with Crippen LogP contribution in [0.5, 0.6) is 0 Å². The minimum atomic E-state index is 0. The molecule has 1 saturated heterocycles. The van der Waals surface area contributed by atoms with Gasteiger partial charge in [-0.1, -0.05) is 24.9 Å². The Kier molecular flexibility index (Phi) is 9.01. The monoisotopic (exact) mass is 504 g/mol. The zero-order valence-corrected chi connectivity index (χ0v) is 20.2. The number of nitrogens with one attached hydrogen (secondary N) is 1. The number of nitrogens with zero attached hydrogens (tertiary/aromatic N) is 5. The van der Waals surface area contributed by atoms with Gasteiger partial charge in [-0.25, -0.2) is 0 Å². The van der Waals surface area contributed by atoms with Crippen molar-refractivity contribution in [2.45, 2.75) is 44.7 Å². The van der Waals surface area contributed by atoms with Crippen LogP contribution < -0.4 is 5.32 Å². The second-order valence-corrected chi connectivity index (χ2v) is 8.48. The summed E-state index contributed by atoms with van der Waals surface area (Å²) in [4.78, 5) is 11.8. The molecule has 1 aliphatic carbocycles. The molecule has 1 saturated carbocycles. The van der Waals surface area contributed by atoms with Crippen molar-refractivity contribution in [3.8, 4) is 0 Å². The fraction of sp³-hybridized carbons (Fsp3) is 0.800. The molecule has 1 aromatic heterocycles. The molecule has 7 nitrogen and oxygen atoms in total. The first kappa shape index (κ1) is 23.4. The van der Waals surface area contributed by atoms with Crippen LogP contribution in [-0.2, 0) is 6.54 Å². The molecule has 8 heteroatoms. The van der Waals surface area contributed by atoms with Crippen LogP contribution in [0, 0.1) is 5.92 Å². The van der Waals surface area contributed by atoms with Gasteiger partial charge in [0.05, 0.1) is 5.69 Å². The maximum Gasteiger partial charge on any atom is 0.193 e. The molecule has 0 radical (unpaired) electrons. The van der Waals surface area contributed by atoms with Gasteiger partial charge in [0.25, 0.3) is 0 Å². The largest absolute Gasteiger partial charge is 0.364 e. The normalized spacial score (nSPS) is 27.0. The summed E-state index contributed by atoms with van der Waals surface area (Å²) >= 11 is 0. The Morgan fingerprint density at radius 1 is 1.36 bits per heavy atom. The van der Waals surface area contributed by atoms with E-state index < -0.39 is 0 Å². The Morgan fingerprint density at radius 2 is 2.11 bits per heavy atom. The molecule has 1 aliphatic heterocycles. The van der Waals surface area contributed by atoms with Gasteiger partial charge in [-0.15, -0.1) is 24.0 Å². The highest BCUT2D eigenvalue weighted by molar-refractivity contribution is 14.0. The number of halogens is 1. The lowest BCUT2D eigenvalue weighted by Gasteiger charge is -2.46. The third-order valence-corrected chi connectivity index (χ3v) is 6.35. The minimum Gasteiger partial charge on any atom is -0.364 e. The van der Waals surface area contributed by atoms with Crippen LogP contribution in [0.2, 0.25) is 0 Å². The molecule has 28 heavy (non-hydrogen) atoms. The fourth-order valence-electron chi connectivity index (χ4n) is 4.60. The maximum absolute atomic E-state index is 4.94. The van der Waals surface area contributed by atoms with Gasteiger partial charge in [0.2, 0.25) is 0 Å². The van der Waals surface area contributed by atoms with Crippen LogP contribution in [0.15, 0.2) is 21.8 Å². The van der Waals surface area contributed by atoms with Gasteiger partial charge < -0.3 is 19.6 Å². The van der Waals surface area contributed by atoms with Crippen molar-refractivity contribution in [3.05, 3.63) is 18.0 Å². The van der Waals surface area contributed by atoms with E-state index in [0.29, 0.717) is 0 Å². The van der Waals surface area contributed by atoms with Crippen LogP contribution in [0.4, 0.5) is 0 Å². The van der Waals surface area contributed by atoms with Crippen molar-refractivity contribution in [1.82, 2.24) is 25.2 Å². The number of piperazine rings is 1. The number of aliphatic imine (C=N–C) groups is 1. The number of guanidine groups is 1. The van der Waals surface area contributed by atoms with Gasteiger partial charge in [0.1, 0.15) is 6.26 Å². The predicted octanol–water partition coefficient (Wildman–Crippen LogP) is 2.50. The molecule has 0 amide bonds. The summed E-state index contributed by atoms with van der Waals surface area (Å²) < 4.78 is 4.94. The van der Waals surface area contributed by atoms with E-state index >= 15 is 0 Å². The minimum absolute atomic E-state index is 0. The van der Waals surface area contributed by atoms with E-state index in [1.165, 1.54) is 25.7 Å². The summed E-state index contributed by atoms with van der Waals surface area (Å²) in [5, 5.41) is 7.72. The van der Waals surface area contributed by atoms with E-state index in [2.05, 4.69) is 51.2 Å². The Morgan fingerprint density at radius 3 is 2.68 bits per heavy atom. The third-order valence-electron chi connectivity index (χ3n) is 6.35. The summed E-state index contributed by atoms with van der Waals surface area (Å²) in [6, 6.07) is 1.94. The smallest absolute Gasteiger partial charge is 0.193 e. The molecule has 2 fully saturated rings. The van der Waals surface area contributed by atoms with Crippen molar-refractivity contribution in [2.24, 2.45) is 10.9 Å². The quantitative estimate of drug-likeness (QED) is 0.378.